The van der Waals surface area contributed by atoms with E-state index in [1.807, 2.05) is 30.0 Å². The fourth-order valence-corrected chi connectivity index (χ4v) is 3.11. The molecule has 8 heteroatoms. The van der Waals surface area contributed by atoms with Gasteiger partial charge in [0, 0.05) is 46.3 Å². The van der Waals surface area contributed by atoms with E-state index >= 15 is 0 Å². The van der Waals surface area contributed by atoms with Crippen LogP contribution in [0.4, 0.5) is 11.5 Å². The maximum Gasteiger partial charge on any atom is 0.257 e. The molecule has 0 unspecified atom stereocenters. The first-order valence-corrected chi connectivity index (χ1v) is 8.80. The highest BCUT2D eigenvalue weighted by Gasteiger charge is 2.26. The Morgan fingerprint density at radius 2 is 1.85 bits per heavy atom. The molecule has 2 heterocycles. The number of hydrogen-bond donors (Lipinski definition) is 0. The van der Waals surface area contributed by atoms with Crippen molar-refractivity contribution in [3.05, 3.63) is 36.0 Å². The van der Waals surface area contributed by atoms with Crippen LogP contribution in [0.1, 0.15) is 10.4 Å². The standard InChI is InChI=1S/C19H25N5O3/c1-22(2)14-12-17(21-20-13-14)23-8-10-24(11-9-23)19(25)15-6-5-7-16(26-3)18(15)27-4/h5-7,12-13H,8-11H2,1-4H3. The average Bonchev–Trinajstić information content (AvgIpc) is 2.72. The summed E-state index contributed by atoms with van der Waals surface area (Å²) in [5.41, 5.74) is 1.51. The van der Waals surface area contributed by atoms with E-state index in [1.54, 1.807) is 38.6 Å². The van der Waals surface area contributed by atoms with Gasteiger partial charge >= 0.3 is 0 Å². The maximum absolute atomic E-state index is 13.0. The Labute approximate surface area is 159 Å². The summed E-state index contributed by atoms with van der Waals surface area (Å²) >= 11 is 0. The van der Waals surface area contributed by atoms with Crippen molar-refractivity contribution in [3.63, 3.8) is 0 Å². The molecule has 8 nitrogen and oxygen atoms in total. The third-order valence-corrected chi connectivity index (χ3v) is 4.67. The smallest absolute Gasteiger partial charge is 0.257 e. The number of piperazine rings is 1. The van der Waals surface area contributed by atoms with Crippen LogP contribution in [0, 0.1) is 0 Å². The number of benzene rings is 1. The van der Waals surface area contributed by atoms with Crippen molar-refractivity contribution in [1.82, 2.24) is 15.1 Å². The van der Waals surface area contributed by atoms with E-state index in [4.69, 9.17) is 9.47 Å². The lowest BCUT2D eigenvalue weighted by Crippen LogP contribution is -2.49. The van der Waals surface area contributed by atoms with Crippen LogP contribution in [0.25, 0.3) is 0 Å². The average molecular weight is 371 g/mol. The Kier molecular flexibility index (Phi) is 5.63. The van der Waals surface area contributed by atoms with Gasteiger partial charge in [-0.15, -0.1) is 5.10 Å². The molecule has 1 saturated heterocycles. The van der Waals surface area contributed by atoms with E-state index in [0.717, 1.165) is 11.5 Å². The number of para-hydroxylation sites is 1. The SMILES string of the molecule is COc1cccc(C(=O)N2CCN(c3cc(N(C)C)cnn3)CC2)c1OC. The summed E-state index contributed by atoms with van der Waals surface area (Å²) in [4.78, 5) is 18.9. The number of aromatic nitrogens is 2. The quantitative estimate of drug-likeness (QED) is 0.789. The van der Waals surface area contributed by atoms with E-state index in [9.17, 15) is 4.79 Å². The zero-order valence-electron chi connectivity index (χ0n) is 16.2. The van der Waals surface area contributed by atoms with Gasteiger partial charge < -0.3 is 24.2 Å². The van der Waals surface area contributed by atoms with Gasteiger partial charge in [0.2, 0.25) is 0 Å². The molecule has 0 spiro atoms. The first kappa shape index (κ1) is 18.8. The molecule has 0 atom stereocenters. The molecule has 0 N–H and O–H groups in total. The van der Waals surface area contributed by atoms with Gasteiger partial charge in [0.1, 0.15) is 0 Å². The molecule has 2 aromatic rings. The molecule has 144 valence electrons. The number of methoxy groups -OCH3 is 2. The monoisotopic (exact) mass is 371 g/mol. The lowest BCUT2D eigenvalue weighted by molar-refractivity contribution is 0.0742. The summed E-state index contributed by atoms with van der Waals surface area (Å²) in [6.45, 7) is 2.60. The summed E-state index contributed by atoms with van der Waals surface area (Å²) in [5, 5.41) is 8.31. The number of carbonyl (C=O) groups is 1. The highest BCUT2D eigenvalue weighted by Crippen LogP contribution is 2.31. The lowest BCUT2D eigenvalue weighted by Gasteiger charge is -2.35. The van der Waals surface area contributed by atoms with Crippen molar-refractivity contribution in [2.45, 2.75) is 0 Å². The summed E-state index contributed by atoms with van der Waals surface area (Å²) in [7, 11) is 7.05. The van der Waals surface area contributed by atoms with Gasteiger partial charge in [0.15, 0.2) is 17.3 Å². The Hall–Kier alpha value is -3.03. The van der Waals surface area contributed by atoms with Crippen LogP contribution < -0.4 is 19.3 Å². The second-order valence-electron chi connectivity index (χ2n) is 6.49. The third-order valence-electron chi connectivity index (χ3n) is 4.67. The van der Waals surface area contributed by atoms with Crippen molar-refractivity contribution < 1.29 is 14.3 Å². The van der Waals surface area contributed by atoms with Crippen molar-refractivity contribution in [3.8, 4) is 11.5 Å². The van der Waals surface area contributed by atoms with Crippen molar-refractivity contribution in [1.29, 1.82) is 0 Å². The van der Waals surface area contributed by atoms with Gasteiger partial charge in [-0.05, 0) is 12.1 Å². The molecule has 1 amide bonds. The second-order valence-corrected chi connectivity index (χ2v) is 6.49. The zero-order chi connectivity index (χ0) is 19.4. The maximum atomic E-state index is 13.0. The molecule has 0 saturated carbocycles. The van der Waals surface area contributed by atoms with Crippen LogP contribution in [-0.2, 0) is 0 Å². The fourth-order valence-electron chi connectivity index (χ4n) is 3.11. The minimum absolute atomic E-state index is 0.0569. The van der Waals surface area contributed by atoms with Gasteiger partial charge in [-0.3, -0.25) is 4.79 Å². The molecule has 1 aliphatic heterocycles. The van der Waals surface area contributed by atoms with E-state index in [1.165, 1.54) is 0 Å². The molecule has 27 heavy (non-hydrogen) atoms. The fraction of sp³-hybridized carbons (Fsp3) is 0.421. The van der Waals surface area contributed by atoms with E-state index < -0.39 is 0 Å². The lowest BCUT2D eigenvalue weighted by atomic mass is 10.1. The minimum Gasteiger partial charge on any atom is -0.493 e. The topological polar surface area (TPSA) is 71.0 Å². The summed E-state index contributed by atoms with van der Waals surface area (Å²) in [6.07, 6.45) is 1.73. The number of ether oxygens (including phenoxy) is 2. The van der Waals surface area contributed by atoms with E-state index in [2.05, 4.69) is 15.1 Å². The van der Waals surface area contributed by atoms with Crippen LogP contribution in [0.2, 0.25) is 0 Å². The highest BCUT2D eigenvalue weighted by molar-refractivity contribution is 5.98. The molecular formula is C19H25N5O3. The van der Waals surface area contributed by atoms with E-state index in [-0.39, 0.29) is 5.91 Å². The predicted octanol–water partition coefficient (Wildman–Crippen LogP) is 1.52. The molecule has 1 aromatic heterocycles. The van der Waals surface area contributed by atoms with Gasteiger partial charge in [0.05, 0.1) is 31.7 Å². The Morgan fingerprint density at radius 1 is 1.11 bits per heavy atom. The molecule has 0 bridgehead atoms. The Morgan fingerprint density at radius 3 is 2.48 bits per heavy atom. The predicted molar refractivity (Wildman–Crippen MR) is 104 cm³/mol. The van der Waals surface area contributed by atoms with Gasteiger partial charge in [0.25, 0.3) is 5.91 Å². The molecule has 0 aliphatic carbocycles. The molecular weight excluding hydrogens is 346 g/mol. The molecule has 1 aliphatic rings. The van der Waals surface area contributed by atoms with E-state index in [0.29, 0.717) is 43.2 Å². The zero-order valence-corrected chi connectivity index (χ0v) is 16.2. The Bertz CT molecular complexity index is 804. The van der Waals surface area contributed by atoms with Crippen molar-refractivity contribution >= 4 is 17.4 Å². The number of nitrogens with zero attached hydrogens (tertiary/aromatic N) is 5. The highest BCUT2D eigenvalue weighted by atomic mass is 16.5. The molecule has 1 aromatic carbocycles. The normalized spacial score (nSPS) is 14.1. The number of hydrogen-bond acceptors (Lipinski definition) is 7. The molecule has 1 fully saturated rings. The van der Waals surface area contributed by atoms with Crippen molar-refractivity contribution in [2.75, 3.05) is 64.3 Å². The number of anilines is 2. The first-order valence-electron chi connectivity index (χ1n) is 8.80. The third kappa shape index (κ3) is 3.89. The summed E-state index contributed by atoms with van der Waals surface area (Å²) < 4.78 is 10.7. The van der Waals surface area contributed by atoms with Crippen LogP contribution >= 0.6 is 0 Å². The van der Waals surface area contributed by atoms with Gasteiger partial charge in [-0.1, -0.05) is 6.07 Å². The number of rotatable bonds is 5. The van der Waals surface area contributed by atoms with Crippen LogP contribution in [0.3, 0.4) is 0 Å². The van der Waals surface area contributed by atoms with Crippen LogP contribution in [0.15, 0.2) is 30.5 Å². The van der Waals surface area contributed by atoms with Crippen LogP contribution in [0.5, 0.6) is 11.5 Å². The Balaban J connectivity index is 1.71. The van der Waals surface area contributed by atoms with Gasteiger partial charge in [-0.25, -0.2) is 0 Å². The number of amides is 1. The minimum atomic E-state index is -0.0569. The van der Waals surface area contributed by atoms with Crippen molar-refractivity contribution in [2.24, 2.45) is 0 Å². The molecule has 3 rings (SSSR count). The van der Waals surface area contributed by atoms with Crippen LogP contribution in [-0.4, -0.2) is 75.5 Å². The first-order chi connectivity index (χ1) is 13.0. The second kappa shape index (κ2) is 8.11. The molecule has 0 radical (unpaired) electrons. The summed E-state index contributed by atoms with van der Waals surface area (Å²) in [5.74, 6) is 1.79. The number of carbonyl (C=O) groups excluding carboxylic acids is 1. The van der Waals surface area contributed by atoms with Gasteiger partial charge in [-0.2, -0.15) is 5.10 Å². The largest absolute Gasteiger partial charge is 0.493 e. The summed E-state index contributed by atoms with van der Waals surface area (Å²) in [6, 6.07) is 7.36.